The third kappa shape index (κ3) is 5.33. The highest BCUT2D eigenvalue weighted by Gasteiger charge is 2.48. The molecule has 2 aromatic rings. The van der Waals surface area contributed by atoms with Gasteiger partial charge in [-0.15, -0.1) is 0 Å². The fourth-order valence-electron chi connectivity index (χ4n) is 5.12. The standard InChI is InChI=1S/C27H36N2O6/c1-5-11-28-12-13-29-16-20(18-7-10-22-24(14-18)35-17-34-22)25(27(30)33-6-2)26(29)19-8-9-21(31-3)23(15-19)32-4/h7-10,14-15,20,25-26,28H,5-6,11-13,16-17H2,1-4H3. The highest BCUT2D eigenvalue weighted by Crippen LogP contribution is 2.49. The quantitative estimate of drug-likeness (QED) is 0.382. The number of carbonyl (C=O) groups is 1. The zero-order chi connectivity index (χ0) is 24.8. The Balaban J connectivity index is 1.74. The van der Waals surface area contributed by atoms with Crippen LogP contribution in [0.25, 0.3) is 0 Å². The normalized spacial score (nSPS) is 21.2. The average molecular weight is 485 g/mol. The molecule has 8 nitrogen and oxygen atoms in total. The molecule has 2 heterocycles. The molecule has 0 saturated carbocycles. The lowest BCUT2D eigenvalue weighted by Crippen LogP contribution is -2.34. The van der Waals surface area contributed by atoms with E-state index in [1.807, 2.05) is 43.3 Å². The van der Waals surface area contributed by atoms with Crippen LogP contribution in [0.3, 0.4) is 0 Å². The van der Waals surface area contributed by atoms with Crippen LogP contribution < -0.4 is 24.3 Å². The van der Waals surface area contributed by atoms with E-state index in [2.05, 4.69) is 17.1 Å². The number of fused-ring (bicyclic) bond motifs is 1. The lowest BCUT2D eigenvalue weighted by atomic mass is 9.82. The molecule has 1 N–H and O–H groups in total. The van der Waals surface area contributed by atoms with Gasteiger partial charge in [0.2, 0.25) is 6.79 Å². The van der Waals surface area contributed by atoms with Gasteiger partial charge in [-0.2, -0.15) is 0 Å². The van der Waals surface area contributed by atoms with E-state index < -0.39 is 0 Å². The smallest absolute Gasteiger partial charge is 0.311 e. The third-order valence-corrected chi connectivity index (χ3v) is 6.73. The fraction of sp³-hybridized carbons (Fsp3) is 0.519. The van der Waals surface area contributed by atoms with Crippen molar-refractivity contribution >= 4 is 5.97 Å². The van der Waals surface area contributed by atoms with Crippen molar-refractivity contribution in [3.05, 3.63) is 47.5 Å². The van der Waals surface area contributed by atoms with Gasteiger partial charge in [0.05, 0.1) is 26.7 Å². The van der Waals surface area contributed by atoms with E-state index in [-0.39, 0.29) is 30.6 Å². The van der Waals surface area contributed by atoms with Crippen LogP contribution in [0.4, 0.5) is 0 Å². The molecule has 3 unspecified atom stereocenters. The molecule has 35 heavy (non-hydrogen) atoms. The number of hydrogen-bond donors (Lipinski definition) is 1. The lowest BCUT2D eigenvalue weighted by molar-refractivity contribution is -0.149. The predicted molar refractivity (Wildman–Crippen MR) is 132 cm³/mol. The maximum Gasteiger partial charge on any atom is 0.311 e. The molecule has 0 aliphatic carbocycles. The van der Waals surface area contributed by atoms with E-state index in [0.29, 0.717) is 18.1 Å². The monoisotopic (exact) mass is 484 g/mol. The molecule has 4 rings (SSSR count). The molecule has 1 saturated heterocycles. The van der Waals surface area contributed by atoms with Gasteiger partial charge >= 0.3 is 5.97 Å². The van der Waals surface area contributed by atoms with Crippen LogP contribution in [0.1, 0.15) is 43.4 Å². The molecule has 2 aliphatic heterocycles. The molecule has 1 fully saturated rings. The Hall–Kier alpha value is -2.97. The summed E-state index contributed by atoms with van der Waals surface area (Å²) < 4.78 is 27.8. The van der Waals surface area contributed by atoms with Crippen molar-refractivity contribution in [2.75, 3.05) is 53.8 Å². The molecule has 2 aromatic carbocycles. The van der Waals surface area contributed by atoms with E-state index in [1.165, 1.54) is 0 Å². The van der Waals surface area contributed by atoms with E-state index in [1.54, 1.807) is 14.2 Å². The molecule has 0 spiro atoms. The Labute approximate surface area is 207 Å². The first-order valence-electron chi connectivity index (χ1n) is 12.3. The van der Waals surface area contributed by atoms with Crippen molar-refractivity contribution in [3.8, 4) is 23.0 Å². The zero-order valence-electron chi connectivity index (χ0n) is 21.0. The second-order valence-electron chi connectivity index (χ2n) is 8.80. The van der Waals surface area contributed by atoms with Crippen molar-refractivity contribution in [1.29, 1.82) is 0 Å². The fourth-order valence-corrected chi connectivity index (χ4v) is 5.12. The number of likely N-dealkylation sites (tertiary alicyclic amines) is 1. The molecule has 0 bridgehead atoms. The van der Waals surface area contributed by atoms with E-state index in [0.717, 1.165) is 55.2 Å². The number of esters is 1. The lowest BCUT2D eigenvalue weighted by Gasteiger charge is -2.29. The zero-order valence-corrected chi connectivity index (χ0v) is 21.0. The average Bonchev–Trinajstić information content (AvgIpc) is 3.50. The summed E-state index contributed by atoms with van der Waals surface area (Å²) in [5, 5.41) is 3.49. The van der Waals surface area contributed by atoms with Gasteiger partial charge in [-0.05, 0) is 55.3 Å². The van der Waals surface area contributed by atoms with Crippen LogP contribution in [-0.4, -0.2) is 64.7 Å². The van der Waals surface area contributed by atoms with Gasteiger partial charge in [-0.3, -0.25) is 9.69 Å². The molecular formula is C27H36N2O6. The molecule has 190 valence electrons. The molecule has 3 atom stereocenters. The Morgan fingerprint density at radius 3 is 2.51 bits per heavy atom. The van der Waals surface area contributed by atoms with Gasteiger partial charge in [0.25, 0.3) is 0 Å². The number of ether oxygens (including phenoxy) is 5. The Morgan fingerprint density at radius 1 is 1.00 bits per heavy atom. The topological polar surface area (TPSA) is 78.5 Å². The molecule has 2 aliphatic rings. The molecule has 0 aromatic heterocycles. The number of rotatable bonds is 11. The number of benzene rings is 2. The molecule has 0 amide bonds. The van der Waals surface area contributed by atoms with Gasteiger partial charge in [0, 0.05) is 31.6 Å². The molecule has 8 heteroatoms. The highest BCUT2D eigenvalue weighted by atomic mass is 16.7. The van der Waals surface area contributed by atoms with Crippen molar-refractivity contribution in [3.63, 3.8) is 0 Å². The summed E-state index contributed by atoms with van der Waals surface area (Å²) in [6.45, 7) is 7.87. The van der Waals surface area contributed by atoms with Gasteiger partial charge in [0.1, 0.15) is 0 Å². The number of nitrogens with zero attached hydrogens (tertiary/aromatic N) is 1. The first-order chi connectivity index (χ1) is 17.1. The van der Waals surface area contributed by atoms with Gasteiger partial charge in [0.15, 0.2) is 23.0 Å². The van der Waals surface area contributed by atoms with Crippen LogP contribution in [0.5, 0.6) is 23.0 Å². The van der Waals surface area contributed by atoms with Crippen LogP contribution >= 0.6 is 0 Å². The van der Waals surface area contributed by atoms with Crippen LogP contribution in [0, 0.1) is 5.92 Å². The van der Waals surface area contributed by atoms with E-state index in [9.17, 15) is 4.79 Å². The van der Waals surface area contributed by atoms with E-state index in [4.69, 9.17) is 23.7 Å². The molecule has 0 radical (unpaired) electrons. The summed E-state index contributed by atoms with van der Waals surface area (Å²) in [5.41, 5.74) is 2.04. The van der Waals surface area contributed by atoms with E-state index >= 15 is 0 Å². The largest absolute Gasteiger partial charge is 0.493 e. The second kappa shape index (κ2) is 11.6. The summed E-state index contributed by atoms with van der Waals surface area (Å²) in [4.78, 5) is 15.8. The second-order valence-corrected chi connectivity index (χ2v) is 8.80. The third-order valence-electron chi connectivity index (χ3n) is 6.73. The van der Waals surface area contributed by atoms with Gasteiger partial charge in [-0.1, -0.05) is 19.1 Å². The number of methoxy groups -OCH3 is 2. The number of nitrogens with one attached hydrogen (secondary N) is 1. The summed E-state index contributed by atoms with van der Waals surface area (Å²) >= 11 is 0. The Kier molecular flexibility index (Phi) is 8.36. The minimum atomic E-state index is -0.389. The maximum absolute atomic E-state index is 13.5. The van der Waals surface area contributed by atoms with Crippen LogP contribution in [-0.2, 0) is 9.53 Å². The van der Waals surface area contributed by atoms with Crippen LogP contribution in [0.2, 0.25) is 0 Å². The van der Waals surface area contributed by atoms with Crippen molar-refractivity contribution < 1.29 is 28.5 Å². The predicted octanol–water partition coefficient (Wildman–Crippen LogP) is 3.75. The summed E-state index contributed by atoms with van der Waals surface area (Å²) in [5.74, 6) is 2.10. The van der Waals surface area contributed by atoms with Gasteiger partial charge < -0.3 is 29.0 Å². The number of carbonyl (C=O) groups excluding carboxylic acids is 1. The summed E-state index contributed by atoms with van der Waals surface area (Å²) in [6.07, 6.45) is 1.07. The first-order valence-corrected chi connectivity index (χ1v) is 12.3. The maximum atomic E-state index is 13.5. The van der Waals surface area contributed by atoms with Crippen molar-refractivity contribution in [2.45, 2.75) is 32.2 Å². The van der Waals surface area contributed by atoms with Crippen molar-refractivity contribution in [2.24, 2.45) is 5.92 Å². The number of hydrogen-bond acceptors (Lipinski definition) is 8. The first kappa shape index (κ1) is 25.1. The SMILES string of the molecule is CCCNCCN1CC(c2ccc3c(c2)OCO3)C(C(=O)OCC)C1c1ccc(OC)c(OC)c1. The highest BCUT2D eigenvalue weighted by molar-refractivity contribution is 5.76. The Morgan fingerprint density at radius 2 is 1.77 bits per heavy atom. The molecular weight excluding hydrogens is 448 g/mol. The Bertz CT molecular complexity index is 1010. The van der Waals surface area contributed by atoms with Crippen LogP contribution in [0.15, 0.2) is 36.4 Å². The summed E-state index contributed by atoms with van der Waals surface area (Å²) in [7, 11) is 3.25. The minimum Gasteiger partial charge on any atom is -0.493 e. The van der Waals surface area contributed by atoms with Gasteiger partial charge in [-0.25, -0.2) is 0 Å². The van der Waals surface area contributed by atoms with Crippen molar-refractivity contribution in [1.82, 2.24) is 10.2 Å². The minimum absolute atomic E-state index is 0.0622. The summed E-state index contributed by atoms with van der Waals surface area (Å²) in [6, 6.07) is 11.7.